The molecule has 0 aliphatic heterocycles. The molecule has 0 amide bonds. The average Bonchev–Trinajstić information content (AvgIpc) is 1.98. The molecule has 0 saturated heterocycles. The van der Waals surface area contributed by atoms with E-state index in [-0.39, 0.29) is 6.42 Å². The maximum absolute atomic E-state index is 12.9. The van der Waals surface area contributed by atoms with Gasteiger partial charge in [0.2, 0.25) is 0 Å². The second-order valence-corrected chi connectivity index (χ2v) is 8.88. The molecule has 0 aromatic rings. The molecular formula is C10H19F3OSi. The van der Waals surface area contributed by atoms with Crippen LogP contribution in [0.5, 0.6) is 0 Å². The van der Waals surface area contributed by atoms with Crippen molar-refractivity contribution < 1.29 is 17.6 Å². The van der Waals surface area contributed by atoms with Crippen molar-refractivity contribution in [2.24, 2.45) is 0 Å². The summed E-state index contributed by atoms with van der Waals surface area (Å²) < 4.78 is 44.1. The summed E-state index contributed by atoms with van der Waals surface area (Å²) in [5.74, 6) is 0. The van der Waals surface area contributed by atoms with Crippen LogP contribution < -0.4 is 0 Å². The van der Waals surface area contributed by atoms with Crippen LogP contribution in [0.3, 0.4) is 0 Å². The van der Waals surface area contributed by atoms with Gasteiger partial charge >= 0.3 is 6.18 Å². The van der Waals surface area contributed by atoms with E-state index < -0.39 is 20.1 Å². The molecule has 0 aromatic carbocycles. The summed E-state index contributed by atoms with van der Waals surface area (Å²) >= 11 is 0. The van der Waals surface area contributed by atoms with Crippen LogP contribution in [-0.2, 0) is 4.43 Å². The number of hydrogen-bond acceptors (Lipinski definition) is 1. The summed E-state index contributed by atoms with van der Waals surface area (Å²) in [4.78, 5) is 0. The van der Waals surface area contributed by atoms with Crippen molar-refractivity contribution in [3.8, 4) is 0 Å². The van der Waals surface area contributed by atoms with Crippen LogP contribution in [0.25, 0.3) is 0 Å². The van der Waals surface area contributed by atoms with Crippen molar-refractivity contribution in [3.05, 3.63) is 12.2 Å². The minimum atomic E-state index is -4.35. The van der Waals surface area contributed by atoms with Gasteiger partial charge in [-0.1, -0.05) is 13.0 Å². The van der Waals surface area contributed by atoms with Crippen LogP contribution in [-0.4, -0.2) is 20.1 Å². The number of alkyl halides is 3. The van der Waals surface area contributed by atoms with Crippen molar-refractivity contribution in [2.45, 2.75) is 51.7 Å². The summed E-state index contributed by atoms with van der Waals surface area (Å²) in [7, 11) is -2.23. The van der Waals surface area contributed by atoms with E-state index in [1.54, 1.807) is 26.6 Å². The van der Waals surface area contributed by atoms with Crippen molar-refractivity contribution in [1.29, 1.82) is 0 Å². The van der Waals surface area contributed by atoms with Crippen molar-refractivity contribution >= 4 is 8.32 Å². The van der Waals surface area contributed by atoms with Gasteiger partial charge in [0.05, 0.1) is 0 Å². The smallest absolute Gasteiger partial charge is 0.401 e. The molecule has 5 heteroatoms. The lowest BCUT2D eigenvalue weighted by Gasteiger charge is -2.37. The Morgan fingerprint density at radius 2 is 1.67 bits per heavy atom. The van der Waals surface area contributed by atoms with E-state index in [0.717, 1.165) is 6.08 Å². The second kappa shape index (κ2) is 4.70. The lowest BCUT2D eigenvalue weighted by Crippen LogP contribution is -2.51. The number of halogens is 3. The fourth-order valence-electron chi connectivity index (χ4n) is 1.39. The molecule has 0 heterocycles. The Labute approximate surface area is 90.4 Å². The third-order valence-corrected chi connectivity index (χ3v) is 2.91. The van der Waals surface area contributed by atoms with E-state index in [9.17, 15) is 13.2 Å². The summed E-state index contributed by atoms with van der Waals surface area (Å²) in [5, 5.41) is 0. The van der Waals surface area contributed by atoms with Crippen molar-refractivity contribution in [3.63, 3.8) is 0 Å². The van der Waals surface area contributed by atoms with Crippen molar-refractivity contribution in [2.75, 3.05) is 0 Å². The number of rotatable bonds is 4. The van der Waals surface area contributed by atoms with Crippen LogP contribution in [0.2, 0.25) is 19.6 Å². The lowest BCUT2D eigenvalue weighted by molar-refractivity contribution is -0.233. The molecule has 1 nitrogen and oxygen atoms in total. The molecule has 0 radical (unpaired) electrons. The van der Waals surface area contributed by atoms with Gasteiger partial charge in [0, 0.05) is 0 Å². The van der Waals surface area contributed by atoms with E-state index in [0.29, 0.717) is 0 Å². The standard InChI is InChI=1S/C10H19F3OSi/c1-6-8-9(7-2,10(11,12)13)14-15(3,4)5/h6,8H,7H2,1-5H3/b8-6+. The third-order valence-electron chi connectivity index (χ3n) is 1.93. The maximum Gasteiger partial charge on any atom is 0.420 e. The minimum absolute atomic E-state index is 0.0922. The number of hydrogen-bond donors (Lipinski definition) is 0. The van der Waals surface area contributed by atoms with E-state index in [1.165, 1.54) is 13.0 Å². The SMILES string of the molecule is C/C=C/C(CC)(O[Si](C)(C)C)C(F)(F)F. The molecule has 0 aliphatic rings. The zero-order chi connectivity index (χ0) is 12.3. The molecule has 0 aromatic heterocycles. The first kappa shape index (κ1) is 14.7. The van der Waals surface area contributed by atoms with Crippen LogP contribution in [0.15, 0.2) is 12.2 Å². The molecule has 1 atom stereocenters. The van der Waals surface area contributed by atoms with Gasteiger partial charge < -0.3 is 4.43 Å². The van der Waals surface area contributed by atoms with Gasteiger partial charge in [-0.2, -0.15) is 13.2 Å². The molecule has 0 bridgehead atoms. The monoisotopic (exact) mass is 240 g/mol. The van der Waals surface area contributed by atoms with E-state index >= 15 is 0 Å². The normalized spacial score (nSPS) is 18.1. The largest absolute Gasteiger partial charge is 0.420 e. The van der Waals surface area contributed by atoms with Crippen LogP contribution >= 0.6 is 0 Å². The molecule has 1 unspecified atom stereocenters. The van der Waals surface area contributed by atoms with Crippen LogP contribution in [0.1, 0.15) is 20.3 Å². The Morgan fingerprint density at radius 1 is 1.20 bits per heavy atom. The summed E-state index contributed by atoms with van der Waals surface area (Å²) in [6.45, 7) is 8.34. The molecule has 0 rings (SSSR count). The highest BCUT2D eigenvalue weighted by Crippen LogP contribution is 2.39. The van der Waals surface area contributed by atoms with Gasteiger partial charge in [0.1, 0.15) is 0 Å². The molecule has 90 valence electrons. The molecule has 15 heavy (non-hydrogen) atoms. The van der Waals surface area contributed by atoms with E-state index in [2.05, 4.69) is 0 Å². The van der Waals surface area contributed by atoms with Gasteiger partial charge in [-0.3, -0.25) is 0 Å². The van der Waals surface area contributed by atoms with Crippen molar-refractivity contribution in [1.82, 2.24) is 0 Å². The highest BCUT2D eigenvalue weighted by atomic mass is 28.4. The second-order valence-electron chi connectivity index (χ2n) is 4.46. The van der Waals surface area contributed by atoms with Gasteiger partial charge in [-0.05, 0) is 39.1 Å². The van der Waals surface area contributed by atoms with E-state index in [4.69, 9.17) is 4.43 Å². The quantitative estimate of drug-likeness (QED) is 0.530. The van der Waals surface area contributed by atoms with E-state index in [1.807, 2.05) is 0 Å². The summed E-state index contributed by atoms with van der Waals surface area (Å²) in [6.07, 6.45) is -1.93. The van der Waals surface area contributed by atoms with Gasteiger partial charge in [-0.25, -0.2) is 0 Å². The fourth-order valence-corrected chi connectivity index (χ4v) is 2.81. The van der Waals surface area contributed by atoms with Crippen LogP contribution in [0.4, 0.5) is 13.2 Å². The first-order valence-corrected chi connectivity index (χ1v) is 8.39. The fraction of sp³-hybridized carbons (Fsp3) is 0.800. The topological polar surface area (TPSA) is 9.23 Å². The third kappa shape index (κ3) is 3.99. The minimum Gasteiger partial charge on any atom is -0.401 e. The molecule has 0 saturated carbocycles. The molecular weight excluding hydrogens is 221 g/mol. The Hall–Kier alpha value is -0.293. The first-order valence-electron chi connectivity index (χ1n) is 4.99. The van der Waals surface area contributed by atoms with Gasteiger partial charge in [0.15, 0.2) is 13.9 Å². The Balaban J connectivity index is 5.18. The zero-order valence-electron chi connectivity index (χ0n) is 9.90. The predicted molar refractivity (Wildman–Crippen MR) is 58.3 cm³/mol. The summed E-state index contributed by atoms with van der Waals surface area (Å²) in [6, 6.07) is 0. The molecule has 0 spiro atoms. The zero-order valence-corrected chi connectivity index (χ0v) is 10.9. The maximum atomic E-state index is 12.9. The molecule has 0 fully saturated rings. The predicted octanol–water partition coefficient (Wildman–Crippen LogP) is 4.13. The first-order chi connectivity index (χ1) is 6.58. The van der Waals surface area contributed by atoms with Gasteiger partial charge in [0.25, 0.3) is 0 Å². The lowest BCUT2D eigenvalue weighted by atomic mass is 10.00. The Morgan fingerprint density at radius 3 is 1.87 bits per heavy atom. The number of allylic oxidation sites excluding steroid dienone is 1. The average molecular weight is 240 g/mol. The Bertz CT molecular complexity index is 230. The van der Waals surface area contributed by atoms with Crippen LogP contribution in [0, 0.1) is 0 Å². The molecule has 0 N–H and O–H groups in total. The molecule has 0 aliphatic carbocycles. The highest BCUT2D eigenvalue weighted by Gasteiger charge is 2.54. The Kier molecular flexibility index (Phi) is 4.61. The van der Waals surface area contributed by atoms with Gasteiger partial charge in [-0.15, -0.1) is 0 Å². The summed E-state index contributed by atoms with van der Waals surface area (Å²) in [5.41, 5.74) is -2.10. The highest BCUT2D eigenvalue weighted by molar-refractivity contribution is 6.69.